The van der Waals surface area contributed by atoms with Crippen LogP contribution in [0.15, 0.2) is 25.3 Å². The lowest BCUT2D eigenvalue weighted by molar-refractivity contribution is -0.137. The standard InChI is InChI=1S/C42H43N3O8S2/c1-17-16-21-24-25-27-30(40(53-5)42-35(44-13-15-55-42)32(27)37(50)38(51-3)28(25)23(17)18(2)46)29-26(24)31(34-41(39(29)52-4)54-14-12-43-34)36(49)33(21)45-20-9-6-19(7-10-20)8-11-22(47)48/h16,19-20,23,45,49-50H,6-15H2,1-5H3,(H,47,48). The Bertz CT molecular complexity index is 2670. The summed E-state index contributed by atoms with van der Waals surface area (Å²) in [5, 5.41) is 45.1. The van der Waals surface area contributed by atoms with Gasteiger partial charge in [0.2, 0.25) is 0 Å². The summed E-state index contributed by atoms with van der Waals surface area (Å²) in [7, 11) is 4.82. The van der Waals surface area contributed by atoms with Crippen molar-refractivity contribution in [2.24, 2.45) is 15.9 Å². The van der Waals surface area contributed by atoms with E-state index in [1.165, 1.54) is 7.11 Å². The Morgan fingerprint density at radius 3 is 1.89 bits per heavy atom. The fourth-order valence-corrected chi connectivity index (χ4v) is 11.9. The summed E-state index contributed by atoms with van der Waals surface area (Å²) in [6, 6.07) is 0.0148. The fraction of sp³-hybridized carbons (Fsp3) is 0.429. The monoisotopic (exact) mass is 781 g/mol. The summed E-state index contributed by atoms with van der Waals surface area (Å²) in [6.45, 7) is 4.60. The normalized spacial score (nSPS) is 20.5. The Balaban J connectivity index is 1.51. The molecule has 0 bridgehead atoms. The predicted octanol–water partition coefficient (Wildman–Crippen LogP) is 7.55. The van der Waals surface area contributed by atoms with Gasteiger partial charge in [0.05, 0.1) is 64.2 Å². The number of aromatic hydroxyl groups is 2. The van der Waals surface area contributed by atoms with E-state index in [1.807, 2.05) is 13.0 Å². The first kappa shape index (κ1) is 36.0. The number of methoxy groups -OCH3 is 3. The lowest BCUT2D eigenvalue weighted by Gasteiger charge is -2.31. The number of carboxylic acid groups (broad SMARTS) is 1. The van der Waals surface area contributed by atoms with Gasteiger partial charge in [-0.25, -0.2) is 0 Å². The van der Waals surface area contributed by atoms with Crippen LogP contribution in [0.5, 0.6) is 28.7 Å². The Kier molecular flexibility index (Phi) is 8.88. The smallest absolute Gasteiger partial charge is 0.303 e. The molecule has 1 saturated carbocycles. The zero-order chi connectivity index (χ0) is 38.4. The second-order valence-corrected chi connectivity index (χ2v) is 17.3. The molecule has 4 aliphatic rings. The van der Waals surface area contributed by atoms with Gasteiger partial charge < -0.3 is 34.8 Å². The van der Waals surface area contributed by atoms with Crippen molar-refractivity contribution >= 4 is 90.1 Å². The van der Waals surface area contributed by atoms with Crippen molar-refractivity contribution in [1.29, 1.82) is 0 Å². The van der Waals surface area contributed by atoms with Gasteiger partial charge in [-0.3, -0.25) is 19.6 Å². The number of nitrogens with zero attached hydrogens (tertiary/aromatic N) is 2. The molecule has 4 N–H and O–H groups in total. The molecule has 1 unspecified atom stereocenters. The number of allylic oxidation sites excluding steroid dienone is 1. The van der Waals surface area contributed by atoms with Gasteiger partial charge in [-0.2, -0.15) is 0 Å². The van der Waals surface area contributed by atoms with Crippen LogP contribution in [0.25, 0.3) is 49.2 Å². The molecule has 5 aromatic carbocycles. The summed E-state index contributed by atoms with van der Waals surface area (Å²) in [5.74, 6) is 1.57. The number of anilines is 1. The minimum absolute atomic E-state index is 0.0148. The molecule has 5 aromatic rings. The zero-order valence-electron chi connectivity index (χ0n) is 31.5. The van der Waals surface area contributed by atoms with E-state index in [2.05, 4.69) is 5.32 Å². The van der Waals surface area contributed by atoms with Gasteiger partial charge in [-0.15, -0.1) is 23.5 Å². The second kappa shape index (κ2) is 13.5. The highest BCUT2D eigenvalue weighted by atomic mass is 32.2. The number of phenols is 2. The maximum absolute atomic E-state index is 13.9. The molecule has 0 spiro atoms. The van der Waals surface area contributed by atoms with E-state index in [0.717, 1.165) is 79.7 Å². The van der Waals surface area contributed by atoms with Crippen molar-refractivity contribution in [3.8, 4) is 28.7 Å². The van der Waals surface area contributed by atoms with E-state index in [1.54, 1.807) is 44.7 Å². The highest BCUT2D eigenvalue weighted by Crippen LogP contribution is 2.60. The number of aliphatic carboxylic acids is 1. The average Bonchev–Trinajstić information content (AvgIpc) is 3.31. The third-order valence-electron chi connectivity index (χ3n) is 12.1. The topological polar surface area (TPSA) is 159 Å². The van der Waals surface area contributed by atoms with E-state index in [0.29, 0.717) is 80.4 Å². The highest BCUT2D eigenvalue weighted by molar-refractivity contribution is 7.99. The molecule has 1 atom stereocenters. The third-order valence-corrected chi connectivity index (χ3v) is 14.2. The molecule has 0 radical (unpaired) electrons. The molecule has 0 saturated heterocycles. The van der Waals surface area contributed by atoms with Crippen molar-refractivity contribution in [2.45, 2.75) is 74.1 Å². The molecule has 55 heavy (non-hydrogen) atoms. The van der Waals surface area contributed by atoms with E-state index in [4.69, 9.17) is 24.2 Å². The first-order chi connectivity index (χ1) is 26.6. The Labute approximate surface area is 325 Å². The molecule has 9 rings (SSSR count). The maximum Gasteiger partial charge on any atom is 0.303 e. The number of thioether (sulfide) groups is 2. The van der Waals surface area contributed by atoms with Gasteiger partial charge >= 0.3 is 5.97 Å². The van der Waals surface area contributed by atoms with Gasteiger partial charge in [-0.1, -0.05) is 11.6 Å². The Morgan fingerprint density at radius 1 is 0.782 bits per heavy atom. The zero-order valence-corrected chi connectivity index (χ0v) is 33.1. The molecular weight excluding hydrogens is 739 g/mol. The summed E-state index contributed by atoms with van der Waals surface area (Å²) in [6.07, 6.45) is 6.21. The number of hydrogen-bond donors (Lipinski definition) is 4. The quantitative estimate of drug-likeness (QED) is 0.0665. The number of ketones is 1. The average molecular weight is 782 g/mol. The van der Waals surface area contributed by atoms with Gasteiger partial charge in [0, 0.05) is 75.1 Å². The molecule has 2 aliphatic carbocycles. The predicted molar refractivity (Wildman–Crippen MR) is 217 cm³/mol. The molecule has 286 valence electrons. The molecule has 0 amide bonds. The third kappa shape index (κ3) is 5.17. The molecule has 0 aromatic heterocycles. The van der Waals surface area contributed by atoms with Crippen molar-refractivity contribution < 1.29 is 39.1 Å². The van der Waals surface area contributed by atoms with Crippen LogP contribution in [0.4, 0.5) is 5.69 Å². The Hall–Kier alpha value is -4.62. The summed E-state index contributed by atoms with van der Waals surface area (Å²) in [5.41, 5.74) is 2.59. The van der Waals surface area contributed by atoms with Crippen LogP contribution in [-0.2, 0) is 9.59 Å². The number of ether oxygens (including phenoxy) is 3. The van der Waals surface area contributed by atoms with Crippen LogP contribution in [0.1, 0.15) is 69.4 Å². The number of rotatable bonds is 9. The van der Waals surface area contributed by atoms with Crippen molar-refractivity contribution in [1.82, 2.24) is 0 Å². The van der Waals surface area contributed by atoms with Gasteiger partial charge in [0.15, 0.2) is 11.5 Å². The SMILES string of the molecule is COc1c(O)c2c3c(c(OC)c4c5c(OC)c6c(c7c(O)c(NC8CCC(CCC(=O)O)CC8)c8c(c(c1C(C(C)=O)C(C)=C8)c24)c75)=NCCS6)SCCN=3. The highest BCUT2D eigenvalue weighted by Gasteiger charge is 2.39. The van der Waals surface area contributed by atoms with Gasteiger partial charge in [0.1, 0.15) is 23.0 Å². The molecule has 13 heteroatoms. The van der Waals surface area contributed by atoms with E-state index < -0.39 is 11.9 Å². The first-order valence-electron chi connectivity index (χ1n) is 18.9. The van der Waals surface area contributed by atoms with Crippen molar-refractivity contribution in [2.75, 3.05) is 51.2 Å². The first-order valence-corrected chi connectivity index (χ1v) is 20.8. The lowest BCUT2D eigenvalue weighted by atomic mass is 9.80. The number of nitrogens with one attached hydrogen (secondary N) is 1. The van der Waals surface area contributed by atoms with Crippen LogP contribution >= 0.6 is 23.5 Å². The van der Waals surface area contributed by atoms with Crippen molar-refractivity contribution in [3.05, 3.63) is 27.4 Å². The minimum atomic E-state index is -0.773. The maximum atomic E-state index is 13.9. The summed E-state index contributed by atoms with van der Waals surface area (Å²) < 4.78 is 18.9. The van der Waals surface area contributed by atoms with Gasteiger partial charge in [0.25, 0.3) is 0 Å². The van der Waals surface area contributed by atoms with Crippen LogP contribution in [0.2, 0.25) is 0 Å². The van der Waals surface area contributed by atoms with Crippen LogP contribution < -0.4 is 30.2 Å². The molecule has 1 fully saturated rings. The summed E-state index contributed by atoms with van der Waals surface area (Å²) in [4.78, 5) is 36.9. The number of Topliss-reactive ketones (excluding diaryl/α,β-unsaturated/α-hetero) is 1. The number of phenolic OH excluding ortho intramolecular Hbond substituents is 2. The lowest BCUT2D eigenvalue weighted by Crippen LogP contribution is -2.27. The molecule has 2 heterocycles. The molecular formula is C42H43N3O8S2. The Morgan fingerprint density at radius 2 is 1.35 bits per heavy atom. The number of carbonyl (C=O) groups is 2. The fourth-order valence-electron chi connectivity index (χ4n) is 9.87. The molecule has 11 nitrogen and oxygen atoms in total. The molecule has 2 aliphatic heterocycles. The van der Waals surface area contributed by atoms with E-state index in [9.17, 15) is 24.9 Å². The van der Waals surface area contributed by atoms with Gasteiger partial charge in [-0.05, 0) is 57.3 Å². The summed E-state index contributed by atoms with van der Waals surface area (Å²) >= 11 is 3.26. The van der Waals surface area contributed by atoms with Crippen LogP contribution in [0.3, 0.4) is 0 Å². The van der Waals surface area contributed by atoms with E-state index in [-0.39, 0.29) is 35.5 Å². The minimum Gasteiger partial charge on any atom is -0.505 e. The number of hydrogen-bond acceptors (Lipinski definition) is 12. The van der Waals surface area contributed by atoms with Crippen LogP contribution in [0, 0.1) is 5.92 Å². The number of benzene rings is 5. The largest absolute Gasteiger partial charge is 0.505 e. The van der Waals surface area contributed by atoms with Crippen molar-refractivity contribution in [3.63, 3.8) is 0 Å². The number of carboxylic acids is 1. The second-order valence-electron chi connectivity index (χ2n) is 15.0. The number of carbonyl (C=O) groups excluding carboxylic acids is 1. The van der Waals surface area contributed by atoms with Crippen LogP contribution in [-0.4, -0.2) is 79.0 Å². The number of fused-ring (bicyclic) bond motifs is 5. The van der Waals surface area contributed by atoms with E-state index >= 15 is 0 Å².